The van der Waals surface area contributed by atoms with Crippen molar-refractivity contribution in [1.29, 1.82) is 0 Å². The Labute approximate surface area is 117 Å². The van der Waals surface area contributed by atoms with E-state index in [2.05, 4.69) is 4.98 Å². The van der Waals surface area contributed by atoms with Crippen LogP contribution in [-0.2, 0) is 12.6 Å². The lowest BCUT2D eigenvalue weighted by Crippen LogP contribution is -2.07. The number of alkyl halides is 3. The summed E-state index contributed by atoms with van der Waals surface area (Å²) in [5.74, 6) is -0.795. The van der Waals surface area contributed by atoms with Crippen molar-refractivity contribution >= 4 is 0 Å². The van der Waals surface area contributed by atoms with Gasteiger partial charge in [0.15, 0.2) is 11.6 Å². The number of aromatic nitrogens is 1. The standard InChI is InChI=1S/C14H11F4NO2/c15-11-7-9(5-6-20)1-3-12(11)21-10-2-4-13(19-8-10)14(16,17)18/h1-4,7-8,20H,5-6H2. The molecule has 7 heteroatoms. The fourth-order valence-electron chi connectivity index (χ4n) is 1.65. The highest BCUT2D eigenvalue weighted by Gasteiger charge is 2.32. The average Bonchev–Trinajstić information content (AvgIpc) is 2.42. The zero-order chi connectivity index (χ0) is 15.5. The summed E-state index contributed by atoms with van der Waals surface area (Å²) in [5.41, 5.74) is -0.457. The van der Waals surface area contributed by atoms with E-state index in [9.17, 15) is 17.6 Å². The van der Waals surface area contributed by atoms with Gasteiger partial charge in [-0.05, 0) is 36.2 Å². The van der Waals surface area contributed by atoms with Gasteiger partial charge in [0.2, 0.25) is 0 Å². The molecule has 0 atom stereocenters. The van der Waals surface area contributed by atoms with Crippen LogP contribution in [0.3, 0.4) is 0 Å². The van der Waals surface area contributed by atoms with Gasteiger partial charge in [0.05, 0.1) is 6.20 Å². The molecule has 0 bridgehead atoms. The Hall–Kier alpha value is -2.15. The quantitative estimate of drug-likeness (QED) is 0.878. The summed E-state index contributed by atoms with van der Waals surface area (Å²) in [5, 5.41) is 8.75. The summed E-state index contributed by atoms with van der Waals surface area (Å²) in [6.07, 6.45) is -3.35. The molecule has 0 saturated carbocycles. The van der Waals surface area contributed by atoms with E-state index in [4.69, 9.17) is 9.84 Å². The molecule has 1 heterocycles. The van der Waals surface area contributed by atoms with E-state index in [1.165, 1.54) is 12.1 Å². The average molecular weight is 301 g/mol. The first-order chi connectivity index (χ1) is 9.90. The van der Waals surface area contributed by atoms with Crippen molar-refractivity contribution in [3.63, 3.8) is 0 Å². The van der Waals surface area contributed by atoms with Gasteiger partial charge < -0.3 is 9.84 Å². The second-order valence-corrected chi connectivity index (χ2v) is 4.22. The predicted molar refractivity (Wildman–Crippen MR) is 66.5 cm³/mol. The number of hydrogen-bond acceptors (Lipinski definition) is 3. The minimum Gasteiger partial charge on any atom is -0.453 e. The third kappa shape index (κ3) is 3.91. The number of rotatable bonds is 4. The lowest BCUT2D eigenvalue weighted by Gasteiger charge is -2.09. The van der Waals surface area contributed by atoms with Crippen LogP contribution in [0.25, 0.3) is 0 Å². The number of pyridine rings is 1. The number of nitrogens with zero attached hydrogens (tertiary/aromatic N) is 1. The highest BCUT2D eigenvalue weighted by molar-refractivity contribution is 5.34. The van der Waals surface area contributed by atoms with Crippen molar-refractivity contribution in [3.05, 3.63) is 53.6 Å². The van der Waals surface area contributed by atoms with Gasteiger partial charge in [0.1, 0.15) is 11.4 Å². The summed E-state index contributed by atoms with van der Waals surface area (Å²) in [6, 6.07) is 5.93. The molecule has 0 spiro atoms. The molecule has 0 amide bonds. The summed E-state index contributed by atoms with van der Waals surface area (Å²) < 4.78 is 55.9. The third-order valence-electron chi connectivity index (χ3n) is 2.65. The van der Waals surface area contributed by atoms with Gasteiger partial charge >= 0.3 is 6.18 Å². The largest absolute Gasteiger partial charge is 0.453 e. The summed E-state index contributed by atoms with van der Waals surface area (Å²) >= 11 is 0. The van der Waals surface area contributed by atoms with E-state index in [1.54, 1.807) is 6.07 Å². The molecule has 1 aromatic carbocycles. The van der Waals surface area contributed by atoms with Crippen LogP contribution in [0.5, 0.6) is 11.5 Å². The Balaban J connectivity index is 2.15. The van der Waals surface area contributed by atoms with E-state index < -0.39 is 17.7 Å². The van der Waals surface area contributed by atoms with Crippen molar-refractivity contribution in [2.45, 2.75) is 12.6 Å². The van der Waals surface area contributed by atoms with Gasteiger partial charge in [-0.15, -0.1) is 0 Å². The molecule has 0 fully saturated rings. The van der Waals surface area contributed by atoms with Crippen LogP contribution in [-0.4, -0.2) is 16.7 Å². The highest BCUT2D eigenvalue weighted by atomic mass is 19.4. The van der Waals surface area contributed by atoms with E-state index in [1.807, 2.05) is 0 Å². The van der Waals surface area contributed by atoms with Gasteiger partial charge in [-0.2, -0.15) is 13.2 Å². The minimum atomic E-state index is -4.53. The Morgan fingerprint density at radius 1 is 1.14 bits per heavy atom. The number of halogens is 4. The molecule has 2 aromatic rings. The monoisotopic (exact) mass is 301 g/mol. The molecule has 0 radical (unpaired) electrons. The number of aliphatic hydroxyl groups excluding tert-OH is 1. The molecule has 0 unspecified atom stereocenters. The molecule has 3 nitrogen and oxygen atoms in total. The van der Waals surface area contributed by atoms with Gasteiger partial charge in [-0.3, -0.25) is 0 Å². The van der Waals surface area contributed by atoms with Crippen molar-refractivity contribution in [2.24, 2.45) is 0 Å². The van der Waals surface area contributed by atoms with Crippen molar-refractivity contribution < 1.29 is 27.4 Å². The number of benzene rings is 1. The summed E-state index contributed by atoms with van der Waals surface area (Å²) in [4.78, 5) is 3.22. The second kappa shape index (κ2) is 6.09. The molecule has 112 valence electrons. The molecule has 0 aliphatic heterocycles. The van der Waals surface area contributed by atoms with E-state index in [-0.39, 0.29) is 18.1 Å². The normalized spacial score (nSPS) is 11.5. The Morgan fingerprint density at radius 3 is 2.43 bits per heavy atom. The zero-order valence-electron chi connectivity index (χ0n) is 10.7. The molecule has 21 heavy (non-hydrogen) atoms. The molecule has 0 aliphatic carbocycles. The lowest BCUT2D eigenvalue weighted by atomic mass is 10.1. The second-order valence-electron chi connectivity index (χ2n) is 4.22. The zero-order valence-corrected chi connectivity index (χ0v) is 10.7. The molecule has 0 saturated heterocycles. The van der Waals surface area contributed by atoms with E-state index in [0.717, 1.165) is 18.3 Å². The van der Waals surface area contributed by atoms with Crippen LogP contribution in [0, 0.1) is 5.82 Å². The topological polar surface area (TPSA) is 42.4 Å². The van der Waals surface area contributed by atoms with Gasteiger partial charge in [-0.25, -0.2) is 9.37 Å². The van der Waals surface area contributed by atoms with E-state index >= 15 is 0 Å². The Morgan fingerprint density at radius 2 is 1.90 bits per heavy atom. The predicted octanol–water partition coefficient (Wildman–Crippen LogP) is 3.57. The van der Waals surface area contributed by atoms with Crippen LogP contribution in [0.2, 0.25) is 0 Å². The summed E-state index contributed by atoms with van der Waals surface area (Å²) in [6.45, 7) is -0.109. The van der Waals surface area contributed by atoms with Gasteiger partial charge in [0.25, 0.3) is 0 Å². The first-order valence-electron chi connectivity index (χ1n) is 6.00. The molecule has 2 rings (SSSR count). The molecule has 1 N–H and O–H groups in total. The SMILES string of the molecule is OCCc1ccc(Oc2ccc(C(F)(F)F)nc2)c(F)c1. The maximum atomic E-state index is 13.7. The molecular weight excluding hydrogens is 290 g/mol. The number of ether oxygens (including phenoxy) is 1. The fraction of sp³-hybridized carbons (Fsp3) is 0.214. The summed E-state index contributed by atoms with van der Waals surface area (Å²) in [7, 11) is 0. The molecule has 0 aliphatic rings. The van der Waals surface area contributed by atoms with Crippen molar-refractivity contribution in [2.75, 3.05) is 6.61 Å². The van der Waals surface area contributed by atoms with Crippen molar-refractivity contribution in [1.82, 2.24) is 4.98 Å². The Kier molecular flexibility index (Phi) is 4.42. The van der Waals surface area contributed by atoms with Crippen LogP contribution in [0.15, 0.2) is 36.5 Å². The Bertz CT molecular complexity index is 611. The van der Waals surface area contributed by atoms with Gasteiger partial charge in [-0.1, -0.05) is 6.07 Å². The number of aliphatic hydroxyl groups is 1. The maximum Gasteiger partial charge on any atom is 0.433 e. The smallest absolute Gasteiger partial charge is 0.433 e. The van der Waals surface area contributed by atoms with Crippen LogP contribution >= 0.6 is 0 Å². The van der Waals surface area contributed by atoms with Crippen LogP contribution in [0.1, 0.15) is 11.3 Å². The first kappa shape index (κ1) is 15.2. The van der Waals surface area contributed by atoms with Crippen molar-refractivity contribution in [3.8, 4) is 11.5 Å². The maximum absolute atomic E-state index is 13.7. The van der Waals surface area contributed by atoms with Gasteiger partial charge in [0, 0.05) is 6.61 Å². The lowest BCUT2D eigenvalue weighted by molar-refractivity contribution is -0.141. The first-order valence-corrected chi connectivity index (χ1v) is 6.00. The highest BCUT2D eigenvalue weighted by Crippen LogP contribution is 2.30. The number of hydrogen-bond donors (Lipinski definition) is 1. The molecular formula is C14H11F4NO2. The third-order valence-corrected chi connectivity index (χ3v) is 2.65. The molecule has 1 aromatic heterocycles. The minimum absolute atomic E-state index is 0.00296. The van der Waals surface area contributed by atoms with Crippen LogP contribution < -0.4 is 4.74 Å². The van der Waals surface area contributed by atoms with E-state index in [0.29, 0.717) is 12.0 Å². The van der Waals surface area contributed by atoms with Crippen LogP contribution in [0.4, 0.5) is 17.6 Å². The fourth-order valence-corrected chi connectivity index (χ4v) is 1.65.